The van der Waals surface area contributed by atoms with Gasteiger partial charge in [0.1, 0.15) is 48.8 Å². The van der Waals surface area contributed by atoms with Crippen LogP contribution in [0.15, 0.2) is 122 Å². The standard InChI is InChI=1S/C77H131NO13/c1-3-5-7-9-11-13-15-17-19-21-23-25-27-28-29-30-31-32-33-34-35-36-37-38-39-41-43-45-47-49-51-53-55-57-59-61-69(82)78-65(64-88-76-74(87)72(85)75(68(63-80)90-76)91-77-73(86)71(84)70(83)67(62-79)89-77)66(81)60-58-56-54-52-50-48-46-44-42-40-26-24-22-20-18-16-14-12-10-8-6-4-2/h5,7,11,13,17,19,23,25,28-29,31-32,34-35,37-38,41,43,58,60,65-68,70-77,79-81,83-87H,3-4,6,8-10,12,14-16,18,20-22,24,26-27,30,33,36,39-40,42,44-57,59,61-64H2,1-2H3,(H,78,82)/b7-5-,13-11-,19-17-,25-23-,29-28-,32-31-,35-34-,38-37-,43-41-,60-58+. The van der Waals surface area contributed by atoms with Crippen molar-refractivity contribution in [2.45, 2.75) is 338 Å². The van der Waals surface area contributed by atoms with Crippen LogP contribution in [0.5, 0.6) is 0 Å². The Morgan fingerprint density at radius 2 is 0.758 bits per heavy atom. The predicted octanol–water partition coefficient (Wildman–Crippen LogP) is 15.3. The number of aliphatic hydroxyl groups is 8. The molecular weight excluding hydrogens is 1150 g/mol. The van der Waals surface area contributed by atoms with Crippen LogP contribution in [0.3, 0.4) is 0 Å². The van der Waals surface area contributed by atoms with E-state index in [1.54, 1.807) is 6.08 Å². The van der Waals surface area contributed by atoms with E-state index in [4.69, 9.17) is 18.9 Å². The van der Waals surface area contributed by atoms with E-state index in [2.05, 4.69) is 129 Å². The third-order valence-corrected chi connectivity index (χ3v) is 16.9. The highest BCUT2D eigenvalue weighted by atomic mass is 16.7. The second kappa shape index (κ2) is 60.1. The summed E-state index contributed by atoms with van der Waals surface area (Å²) >= 11 is 0. The van der Waals surface area contributed by atoms with Crippen LogP contribution in [0.2, 0.25) is 0 Å². The zero-order valence-corrected chi connectivity index (χ0v) is 56.8. The molecule has 2 rings (SSSR count). The lowest BCUT2D eigenvalue weighted by Gasteiger charge is -2.46. The number of aliphatic hydroxyl groups excluding tert-OH is 8. The van der Waals surface area contributed by atoms with E-state index >= 15 is 0 Å². The Balaban J connectivity index is 1.68. The summed E-state index contributed by atoms with van der Waals surface area (Å²) in [6, 6.07) is -0.931. The van der Waals surface area contributed by atoms with Crippen LogP contribution in [0.1, 0.15) is 264 Å². The molecule has 2 saturated heterocycles. The van der Waals surface area contributed by atoms with Gasteiger partial charge in [-0.1, -0.05) is 289 Å². The third kappa shape index (κ3) is 43.9. The summed E-state index contributed by atoms with van der Waals surface area (Å²) in [6.07, 6.45) is 71.0. The molecule has 522 valence electrons. The number of hydrogen-bond acceptors (Lipinski definition) is 13. The number of carbonyl (C=O) groups is 1. The summed E-state index contributed by atoms with van der Waals surface area (Å²) in [4.78, 5) is 13.3. The van der Waals surface area contributed by atoms with Crippen LogP contribution >= 0.6 is 0 Å². The number of hydrogen-bond donors (Lipinski definition) is 9. The van der Waals surface area contributed by atoms with Crippen LogP contribution in [0, 0.1) is 0 Å². The molecule has 12 atom stereocenters. The highest BCUT2D eigenvalue weighted by molar-refractivity contribution is 5.76. The minimum Gasteiger partial charge on any atom is -0.394 e. The average Bonchev–Trinajstić information content (AvgIpc) is 0.888. The summed E-state index contributed by atoms with van der Waals surface area (Å²) in [5.41, 5.74) is 0. The SMILES string of the molecule is CC/C=C\C/C=C\C/C=C\C/C=C\C/C=C\C/C=C\C/C=C\C/C=C\C/C=C\CCCCCCCCCC(=O)NC(COC1OC(CO)C(OC2OC(CO)C(O)C(O)C2O)C(O)C1O)C(O)/C=C/CCCCCCCCCCCCCCCCCCCCCC. The van der Waals surface area contributed by atoms with Gasteiger partial charge >= 0.3 is 0 Å². The lowest BCUT2D eigenvalue weighted by molar-refractivity contribution is -0.359. The highest BCUT2D eigenvalue weighted by Gasteiger charge is 2.51. The Morgan fingerprint density at radius 1 is 0.407 bits per heavy atom. The van der Waals surface area contributed by atoms with E-state index in [-0.39, 0.29) is 18.9 Å². The molecule has 2 aliphatic heterocycles. The van der Waals surface area contributed by atoms with Gasteiger partial charge in [-0.05, 0) is 89.9 Å². The second-order valence-electron chi connectivity index (χ2n) is 25.0. The lowest BCUT2D eigenvalue weighted by atomic mass is 9.97. The van der Waals surface area contributed by atoms with Crippen molar-refractivity contribution < 1.29 is 64.6 Å². The van der Waals surface area contributed by atoms with Gasteiger partial charge in [-0.3, -0.25) is 4.79 Å². The number of rotatable bonds is 58. The van der Waals surface area contributed by atoms with E-state index in [1.165, 1.54) is 116 Å². The van der Waals surface area contributed by atoms with Crippen LogP contribution < -0.4 is 5.32 Å². The molecular formula is C77H131NO13. The molecule has 2 fully saturated rings. The van der Waals surface area contributed by atoms with Gasteiger partial charge in [0.25, 0.3) is 0 Å². The molecule has 9 N–H and O–H groups in total. The third-order valence-electron chi connectivity index (χ3n) is 16.9. The Hall–Kier alpha value is -3.61. The van der Waals surface area contributed by atoms with Crippen molar-refractivity contribution in [3.63, 3.8) is 0 Å². The summed E-state index contributed by atoms with van der Waals surface area (Å²) < 4.78 is 22.9. The minimum atomic E-state index is -1.80. The molecule has 14 heteroatoms. The smallest absolute Gasteiger partial charge is 0.220 e. The Morgan fingerprint density at radius 3 is 1.16 bits per heavy atom. The van der Waals surface area contributed by atoms with Crippen LogP contribution in [0.25, 0.3) is 0 Å². The number of ether oxygens (including phenoxy) is 4. The molecule has 2 aliphatic rings. The summed E-state index contributed by atoms with van der Waals surface area (Å²) in [5.74, 6) is -0.253. The van der Waals surface area contributed by atoms with Crippen molar-refractivity contribution in [3.8, 4) is 0 Å². The van der Waals surface area contributed by atoms with Gasteiger partial charge < -0.3 is 65.1 Å². The quantitative estimate of drug-likeness (QED) is 0.0204. The molecule has 91 heavy (non-hydrogen) atoms. The molecule has 0 aromatic rings. The first-order valence-corrected chi connectivity index (χ1v) is 36.3. The first-order valence-electron chi connectivity index (χ1n) is 36.3. The van der Waals surface area contributed by atoms with Gasteiger partial charge in [-0.25, -0.2) is 0 Å². The maximum atomic E-state index is 13.3. The van der Waals surface area contributed by atoms with Gasteiger partial charge in [0.2, 0.25) is 5.91 Å². The zero-order chi connectivity index (χ0) is 65.9. The van der Waals surface area contributed by atoms with Crippen molar-refractivity contribution in [3.05, 3.63) is 122 Å². The van der Waals surface area contributed by atoms with Crippen molar-refractivity contribution in [2.75, 3.05) is 19.8 Å². The molecule has 2 heterocycles. The molecule has 12 unspecified atom stereocenters. The maximum absolute atomic E-state index is 13.3. The molecule has 1 amide bonds. The fourth-order valence-electron chi connectivity index (χ4n) is 11.2. The predicted molar refractivity (Wildman–Crippen MR) is 373 cm³/mol. The molecule has 0 spiro atoms. The fourth-order valence-corrected chi connectivity index (χ4v) is 11.2. The molecule has 0 aromatic carbocycles. The van der Waals surface area contributed by atoms with Crippen LogP contribution in [-0.2, 0) is 23.7 Å². The second-order valence-corrected chi connectivity index (χ2v) is 25.0. The van der Waals surface area contributed by atoms with Crippen molar-refractivity contribution in [2.24, 2.45) is 0 Å². The largest absolute Gasteiger partial charge is 0.394 e. The zero-order valence-electron chi connectivity index (χ0n) is 56.8. The first kappa shape index (κ1) is 83.5. The van der Waals surface area contributed by atoms with E-state index in [0.717, 1.165) is 122 Å². The molecule has 0 aromatic heterocycles. The van der Waals surface area contributed by atoms with E-state index in [9.17, 15) is 45.6 Å². The number of unbranched alkanes of at least 4 members (excludes halogenated alkanes) is 27. The van der Waals surface area contributed by atoms with E-state index in [0.29, 0.717) is 6.42 Å². The Bertz CT molecular complexity index is 1990. The monoisotopic (exact) mass is 1280 g/mol. The summed E-state index contributed by atoms with van der Waals surface area (Å²) in [6.45, 7) is 2.69. The van der Waals surface area contributed by atoms with Crippen molar-refractivity contribution in [1.82, 2.24) is 5.32 Å². The number of nitrogens with one attached hydrogen (secondary N) is 1. The molecule has 0 aliphatic carbocycles. The van der Waals surface area contributed by atoms with Crippen molar-refractivity contribution in [1.29, 1.82) is 0 Å². The summed E-state index contributed by atoms with van der Waals surface area (Å²) in [5, 5.41) is 87.5. The Labute approximate surface area is 552 Å². The van der Waals surface area contributed by atoms with E-state index in [1.807, 2.05) is 6.08 Å². The molecule has 0 bridgehead atoms. The maximum Gasteiger partial charge on any atom is 0.220 e. The summed E-state index contributed by atoms with van der Waals surface area (Å²) in [7, 11) is 0. The lowest BCUT2D eigenvalue weighted by Crippen LogP contribution is -2.65. The number of amides is 1. The van der Waals surface area contributed by atoms with E-state index < -0.39 is 86.8 Å². The molecule has 0 saturated carbocycles. The van der Waals surface area contributed by atoms with Gasteiger partial charge in [0, 0.05) is 6.42 Å². The average molecular weight is 1280 g/mol. The minimum absolute atomic E-state index is 0.253. The van der Waals surface area contributed by atoms with Gasteiger partial charge in [-0.2, -0.15) is 0 Å². The van der Waals surface area contributed by atoms with Gasteiger partial charge in [0.05, 0.1) is 32.0 Å². The van der Waals surface area contributed by atoms with Crippen molar-refractivity contribution >= 4 is 5.91 Å². The number of allylic oxidation sites excluding steroid dienone is 19. The highest BCUT2D eigenvalue weighted by Crippen LogP contribution is 2.30. The normalized spacial score (nSPS) is 23.5. The Kier molecular flexibility index (Phi) is 55.1. The first-order chi connectivity index (χ1) is 44.6. The fraction of sp³-hybridized carbons (Fsp3) is 0.727. The van der Waals surface area contributed by atoms with Crippen LogP contribution in [-0.4, -0.2) is 140 Å². The number of carbonyl (C=O) groups excluding carboxylic acids is 1. The van der Waals surface area contributed by atoms with Crippen LogP contribution in [0.4, 0.5) is 0 Å². The molecule has 14 nitrogen and oxygen atoms in total. The molecule has 0 radical (unpaired) electrons. The van der Waals surface area contributed by atoms with Gasteiger partial charge in [-0.15, -0.1) is 0 Å². The topological polar surface area (TPSA) is 228 Å². The van der Waals surface area contributed by atoms with Gasteiger partial charge in [0.15, 0.2) is 12.6 Å².